The van der Waals surface area contributed by atoms with Crippen molar-refractivity contribution in [3.05, 3.63) is 89.0 Å². The lowest BCUT2D eigenvalue weighted by Crippen LogP contribution is -2.44. The number of carbonyl (C=O) groups excluding carboxylic acids is 1. The molecule has 2 heterocycles. The van der Waals surface area contributed by atoms with Gasteiger partial charge in [-0.05, 0) is 61.6 Å². The molecule has 1 saturated heterocycles. The first-order valence-corrected chi connectivity index (χ1v) is 14.6. The zero-order chi connectivity index (χ0) is 27.0. The maximum absolute atomic E-state index is 14.2. The predicted octanol–water partition coefficient (Wildman–Crippen LogP) is 5.83. The summed E-state index contributed by atoms with van der Waals surface area (Å²) in [6, 6.07) is 16.1. The summed E-state index contributed by atoms with van der Waals surface area (Å²) in [6.07, 6.45) is 0.574. The second kappa shape index (κ2) is 10.5. The van der Waals surface area contributed by atoms with Gasteiger partial charge in [0.25, 0.3) is 0 Å². The van der Waals surface area contributed by atoms with E-state index in [0.29, 0.717) is 17.7 Å². The number of carbonyl (C=O) groups is 1. The molecule has 1 aliphatic rings. The Balaban J connectivity index is 1.39. The first-order valence-electron chi connectivity index (χ1n) is 12.3. The van der Waals surface area contributed by atoms with Crippen LogP contribution < -0.4 is 4.90 Å². The van der Waals surface area contributed by atoms with Crippen LogP contribution in [0.25, 0.3) is 10.2 Å². The lowest BCUT2D eigenvalue weighted by Gasteiger charge is -2.33. The maximum atomic E-state index is 14.2. The highest BCUT2D eigenvalue weighted by molar-refractivity contribution is 7.89. The first-order chi connectivity index (χ1) is 18.1. The van der Waals surface area contributed by atoms with Crippen LogP contribution in [0.4, 0.5) is 13.9 Å². The fourth-order valence-electron chi connectivity index (χ4n) is 4.72. The minimum Gasteiger partial charge on any atom is -0.283 e. The van der Waals surface area contributed by atoms with Gasteiger partial charge in [-0.2, -0.15) is 4.31 Å². The van der Waals surface area contributed by atoms with E-state index < -0.39 is 32.5 Å². The Hall–Kier alpha value is -3.21. The molecule has 1 fully saturated rings. The standard InChI is InChI=1S/C28H27F2N3O3S2/c1-18-8-10-24-26(19(18)2)31-28(37-24)33(17-20-6-4-3-5-7-20)27(34)21-12-14-32(15-13-21)38(35,36)25-11-9-22(29)16-23(25)30/h3-11,16,21H,12-15,17H2,1-2H3. The van der Waals surface area contributed by atoms with Crippen molar-refractivity contribution in [2.45, 2.75) is 38.1 Å². The van der Waals surface area contributed by atoms with Gasteiger partial charge in [-0.25, -0.2) is 22.2 Å². The number of aromatic nitrogens is 1. The number of sulfonamides is 1. The van der Waals surface area contributed by atoms with Crippen LogP contribution >= 0.6 is 11.3 Å². The molecule has 0 spiro atoms. The Labute approximate surface area is 224 Å². The summed E-state index contributed by atoms with van der Waals surface area (Å²) >= 11 is 1.46. The number of fused-ring (bicyclic) bond motifs is 1. The smallest absolute Gasteiger partial charge is 0.245 e. The molecule has 1 amide bonds. The van der Waals surface area contributed by atoms with E-state index in [1.54, 1.807) is 4.90 Å². The minimum absolute atomic E-state index is 0.0624. The van der Waals surface area contributed by atoms with Crippen molar-refractivity contribution in [1.29, 1.82) is 0 Å². The van der Waals surface area contributed by atoms with E-state index in [1.165, 1.54) is 15.6 Å². The zero-order valence-corrected chi connectivity index (χ0v) is 22.7. The van der Waals surface area contributed by atoms with Gasteiger partial charge in [0.15, 0.2) is 5.13 Å². The average molecular weight is 556 g/mol. The maximum Gasteiger partial charge on any atom is 0.245 e. The van der Waals surface area contributed by atoms with E-state index in [-0.39, 0.29) is 31.8 Å². The Morgan fingerprint density at radius 3 is 2.45 bits per heavy atom. The molecule has 0 N–H and O–H groups in total. The van der Waals surface area contributed by atoms with Crippen molar-refractivity contribution in [3.63, 3.8) is 0 Å². The van der Waals surface area contributed by atoms with Crippen LogP contribution in [-0.2, 0) is 21.4 Å². The van der Waals surface area contributed by atoms with Gasteiger partial charge in [-0.1, -0.05) is 47.7 Å². The highest BCUT2D eigenvalue weighted by Crippen LogP contribution is 2.35. The van der Waals surface area contributed by atoms with Gasteiger partial charge in [0, 0.05) is 25.1 Å². The van der Waals surface area contributed by atoms with Crippen LogP contribution in [0.15, 0.2) is 65.6 Å². The summed E-state index contributed by atoms with van der Waals surface area (Å²) in [4.78, 5) is 19.9. The van der Waals surface area contributed by atoms with Gasteiger partial charge in [-0.3, -0.25) is 9.69 Å². The highest BCUT2D eigenvalue weighted by atomic mass is 32.2. The summed E-state index contributed by atoms with van der Waals surface area (Å²) < 4.78 is 55.7. The van der Waals surface area contributed by atoms with Crippen LogP contribution in [0.2, 0.25) is 0 Å². The third kappa shape index (κ3) is 5.08. The van der Waals surface area contributed by atoms with Gasteiger partial charge >= 0.3 is 0 Å². The first kappa shape index (κ1) is 26.4. The summed E-state index contributed by atoms with van der Waals surface area (Å²) in [6.45, 7) is 4.52. The molecule has 0 atom stereocenters. The van der Waals surface area contributed by atoms with E-state index >= 15 is 0 Å². The van der Waals surface area contributed by atoms with Gasteiger partial charge in [0.2, 0.25) is 15.9 Å². The quantitative estimate of drug-likeness (QED) is 0.300. The van der Waals surface area contributed by atoms with Crippen molar-refractivity contribution in [2.24, 2.45) is 5.92 Å². The Kier molecular flexibility index (Phi) is 7.30. The van der Waals surface area contributed by atoms with Gasteiger partial charge in [0.1, 0.15) is 16.5 Å². The van der Waals surface area contributed by atoms with Crippen LogP contribution in [0.5, 0.6) is 0 Å². The Bertz CT molecular complexity index is 1600. The normalized spacial score (nSPS) is 15.2. The molecule has 0 radical (unpaired) electrons. The third-order valence-electron chi connectivity index (χ3n) is 7.07. The molecule has 6 nitrogen and oxygen atoms in total. The van der Waals surface area contributed by atoms with Crippen LogP contribution in [0.1, 0.15) is 29.5 Å². The van der Waals surface area contributed by atoms with Crippen molar-refractivity contribution >= 4 is 42.6 Å². The van der Waals surface area contributed by atoms with E-state index in [2.05, 4.69) is 0 Å². The third-order valence-corrected chi connectivity index (χ3v) is 10.0. The number of nitrogens with zero attached hydrogens (tertiary/aromatic N) is 3. The molecular formula is C28H27F2N3O3S2. The van der Waals surface area contributed by atoms with Gasteiger partial charge in [-0.15, -0.1) is 0 Å². The highest BCUT2D eigenvalue weighted by Gasteiger charge is 2.36. The summed E-state index contributed by atoms with van der Waals surface area (Å²) in [7, 11) is -4.15. The Morgan fingerprint density at radius 1 is 1.05 bits per heavy atom. The van der Waals surface area contributed by atoms with Crippen molar-refractivity contribution < 1.29 is 22.0 Å². The van der Waals surface area contributed by atoms with E-state index in [1.807, 2.05) is 56.3 Å². The predicted molar refractivity (Wildman–Crippen MR) is 145 cm³/mol. The minimum atomic E-state index is -4.15. The number of benzene rings is 3. The monoisotopic (exact) mass is 555 g/mol. The number of amides is 1. The van der Waals surface area contributed by atoms with Crippen molar-refractivity contribution in [2.75, 3.05) is 18.0 Å². The average Bonchev–Trinajstić information content (AvgIpc) is 3.34. The molecule has 198 valence electrons. The molecule has 0 saturated carbocycles. The molecule has 1 aliphatic heterocycles. The number of anilines is 1. The number of piperidine rings is 1. The number of rotatable bonds is 6. The molecular weight excluding hydrogens is 528 g/mol. The Morgan fingerprint density at radius 2 is 1.76 bits per heavy atom. The topological polar surface area (TPSA) is 70.6 Å². The number of thiazole rings is 1. The van der Waals surface area contributed by atoms with Crippen molar-refractivity contribution in [1.82, 2.24) is 9.29 Å². The summed E-state index contributed by atoms with van der Waals surface area (Å²) in [5.41, 5.74) is 4.03. The molecule has 3 aromatic carbocycles. The zero-order valence-electron chi connectivity index (χ0n) is 21.0. The molecule has 0 aliphatic carbocycles. The van der Waals surface area contributed by atoms with E-state index in [0.717, 1.165) is 39.0 Å². The molecule has 5 rings (SSSR count). The van der Waals surface area contributed by atoms with Crippen molar-refractivity contribution in [3.8, 4) is 0 Å². The largest absolute Gasteiger partial charge is 0.283 e. The van der Waals surface area contributed by atoms with Crippen LogP contribution in [0.3, 0.4) is 0 Å². The summed E-state index contributed by atoms with van der Waals surface area (Å²) in [5, 5.41) is 0.603. The number of aryl methyl sites for hydroxylation is 2. The number of halogens is 2. The van der Waals surface area contributed by atoms with Gasteiger partial charge < -0.3 is 0 Å². The molecule has 10 heteroatoms. The molecule has 4 aromatic rings. The SMILES string of the molecule is Cc1ccc2sc(N(Cc3ccccc3)C(=O)C3CCN(S(=O)(=O)c4ccc(F)cc4F)CC3)nc2c1C. The van der Waals surface area contributed by atoms with E-state index in [9.17, 15) is 22.0 Å². The van der Waals surface area contributed by atoms with E-state index in [4.69, 9.17) is 4.98 Å². The fraction of sp³-hybridized carbons (Fsp3) is 0.286. The second-order valence-electron chi connectivity index (χ2n) is 9.51. The van der Waals surface area contributed by atoms with Crippen LogP contribution in [-0.4, -0.2) is 36.7 Å². The van der Waals surface area contributed by atoms with Gasteiger partial charge in [0.05, 0.1) is 16.8 Å². The second-order valence-corrected chi connectivity index (χ2v) is 12.4. The summed E-state index contributed by atoms with van der Waals surface area (Å²) in [5.74, 6) is -2.51. The number of hydrogen-bond donors (Lipinski definition) is 0. The molecule has 38 heavy (non-hydrogen) atoms. The fourth-order valence-corrected chi connectivity index (χ4v) is 7.27. The molecule has 1 aromatic heterocycles. The van der Waals surface area contributed by atoms with Crippen LogP contribution in [0, 0.1) is 31.4 Å². The lowest BCUT2D eigenvalue weighted by atomic mass is 9.96. The molecule has 0 bridgehead atoms. The molecule has 0 unspecified atom stereocenters. The lowest BCUT2D eigenvalue weighted by molar-refractivity contribution is -0.123. The number of hydrogen-bond acceptors (Lipinski definition) is 5.